The molecule has 0 bridgehead atoms. The molecule has 5 rings (SSSR count). The Morgan fingerprint density at radius 1 is 1.41 bits per heavy atom. The predicted octanol–water partition coefficient (Wildman–Crippen LogP) is 1.70. The summed E-state index contributed by atoms with van der Waals surface area (Å²) >= 11 is 3.00. The SMILES string of the molecule is C[C@@H](O)[C@H]1C(=O)N2C(C(=O)OCc3ccc([N+](=O)[O-])cc3)=C(SC3Cc4c[n+](C)cn4C3)S[C@H]12. The molecule has 10 nitrogen and oxygen atoms in total. The highest BCUT2D eigenvalue weighted by molar-refractivity contribution is 8.23. The van der Waals surface area contributed by atoms with Crippen molar-refractivity contribution >= 4 is 41.1 Å². The summed E-state index contributed by atoms with van der Waals surface area (Å²) in [6.07, 6.45) is 4.15. The average molecular weight is 504 g/mol. The number of rotatable bonds is 7. The summed E-state index contributed by atoms with van der Waals surface area (Å²) < 4.78 is 10.4. The van der Waals surface area contributed by atoms with Crippen LogP contribution < -0.4 is 4.57 Å². The second-order valence-corrected chi connectivity index (χ2v) is 11.3. The third-order valence-electron chi connectivity index (χ3n) is 6.13. The van der Waals surface area contributed by atoms with Crippen molar-refractivity contribution in [1.29, 1.82) is 0 Å². The summed E-state index contributed by atoms with van der Waals surface area (Å²) in [6, 6.07) is 5.78. The average Bonchev–Trinajstić information content (AvgIpc) is 3.41. The fourth-order valence-corrected chi connectivity index (χ4v) is 7.80. The largest absolute Gasteiger partial charge is 0.456 e. The minimum Gasteiger partial charge on any atom is -0.456 e. The zero-order chi connectivity index (χ0) is 24.1. The molecular formula is C22H23N4O6S2+. The summed E-state index contributed by atoms with van der Waals surface area (Å²) in [5.74, 6) is -1.45. The lowest BCUT2D eigenvalue weighted by Crippen LogP contribution is -2.60. The van der Waals surface area contributed by atoms with Crippen molar-refractivity contribution in [2.45, 2.75) is 43.2 Å². The fraction of sp³-hybridized carbons (Fsp3) is 0.409. The Morgan fingerprint density at radius 2 is 2.15 bits per heavy atom. The number of fused-ring (bicyclic) bond motifs is 2. The maximum Gasteiger partial charge on any atom is 0.357 e. The van der Waals surface area contributed by atoms with Gasteiger partial charge in [-0.05, 0) is 24.6 Å². The Labute approximate surface area is 203 Å². The molecule has 0 radical (unpaired) electrons. The number of aryl methyl sites for hydroxylation is 1. The number of carbonyl (C=O) groups excluding carboxylic acids is 2. The second-order valence-electron chi connectivity index (χ2n) is 8.62. The van der Waals surface area contributed by atoms with Gasteiger partial charge in [0.15, 0.2) is 5.70 Å². The van der Waals surface area contributed by atoms with Gasteiger partial charge < -0.3 is 9.84 Å². The number of aromatic nitrogens is 2. The zero-order valence-corrected chi connectivity index (χ0v) is 20.1. The van der Waals surface area contributed by atoms with Crippen molar-refractivity contribution in [3.63, 3.8) is 0 Å². The molecule has 1 fully saturated rings. The van der Waals surface area contributed by atoms with Crippen LogP contribution in [0.2, 0.25) is 0 Å². The van der Waals surface area contributed by atoms with Gasteiger partial charge in [-0.15, -0.1) is 11.8 Å². The van der Waals surface area contributed by atoms with Gasteiger partial charge >= 0.3 is 5.97 Å². The number of non-ortho nitro benzene ring substituents is 1. The van der Waals surface area contributed by atoms with Crippen LogP contribution in [0.3, 0.4) is 0 Å². The molecule has 1 aromatic carbocycles. The molecule has 4 atom stereocenters. The van der Waals surface area contributed by atoms with Crippen LogP contribution in [0.4, 0.5) is 5.69 Å². The monoisotopic (exact) mass is 503 g/mol. The van der Waals surface area contributed by atoms with Gasteiger partial charge in [0.2, 0.25) is 12.2 Å². The molecule has 3 aliphatic rings. The Bertz CT molecular complexity index is 1180. The topological polar surface area (TPSA) is 119 Å². The molecular weight excluding hydrogens is 480 g/mol. The number of aliphatic hydroxyl groups is 1. The van der Waals surface area contributed by atoms with Crippen LogP contribution in [0.5, 0.6) is 0 Å². The first-order valence-electron chi connectivity index (χ1n) is 10.8. The van der Waals surface area contributed by atoms with Gasteiger partial charge in [0.05, 0.1) is 33.5 Å². The Kier molecular flexibility index (Phi) is 5.90. The van der Waals surface area contributed by atoms with Gasteiger partial charge in [-0.1, -0.05) is 11.8 Å². The van der Waals surface area contributed by atoms with Crippen molar-refractivity contribution in [2.75, 3.05) is 0 Å². The van der Waals surface area contributed by atoms with E-state index in [1.54, 1.807) is 18.7 Å². The molecule has 2 aromatic rings. The van der Waals surface area contributed by atoms with E-state index in [1.807, 2.05) is 17.9 Å². The van der Waals surface area contributed by atoms with E-state index in [9.17, 15) is 24.8 Å². The van der Waals surface area contributed by atoms with Crippen LogP contribution >= 0.6 is 23.5 Å². The summed E-state index contributed by atoms with van der Waals surface area (Å²) in [6.45, 7) is 2.32. The van der Waals surface area contributed by atoms with E-state index >= 15 is 0 Å². The van der Waals surface area contributed by atoms with Gasteiger partial charge in [-0.2, -0.15) is 0 Å². The Hall–Kier alpha value is -2.83. The first-order valence-corrected chi connectivity index (χ1v) is 12.5. The van der Waals surface area contributed by atoms with Crippen LogP contribution in [0.1, 0.15) is 18.2 Å². The molecule has 0 aliphatic carbocycles. The lowest BCUT2D eigenvalue weighted by Gasteiger charge is -2.43. The van der Waals surface area contributed by atoms with Gasteiger partial charge in [0.25, 0.3) is 5.69 Å². The highest BCUT2D eigenvalue weighted by atomic mass is 32.2. The zero-order valence-electron chi connectivity index (χ0n) is 18.5. The van der Waals surface area contributed by atoms with Crippen LogP contribution in [0.25, 0.3) is 0 Å². The summed E-state index contributed by atoms with van der Waals surface area (Å²) in [7, 11) is 1.98. The number of thioether (sulfide) groups is 2. The van der Waals surface area contributed by atoms with Crippen LogP contribution in [0.15, 0.2) is 46.7 Å². The summed E-state index contributed by atoms with van der Waals surface area (Å²) in [4.78, 5) is 37.7. The molecule has 1 unspecified atom stereocenters. The number of esters is 1. The highest BCUT2D eigenvalue weighted by Crippen LogP contribution is 2.55. The smallest absolute Gasteiger partial charge is 0.357 e. The third kappa shape index (κ3) is 3.99. The van der Waals surface area contributed by atoms with Crippen molar-refractivity contribution in [2.24, 2.45) is 13.0 Å². The molecule has 12 heteroatoms. The molecule has 1 aromatic heterocycles. The molecule has 34 heavy (non-hydrogen) atoms. The summed E-state index contributed by atoms with van der Waals surface area (Å²) in [5.41, 5.74) is 2.01. The number of nitro groups is 1. The van der Waals surface area contributed by atoms with Crippen LogP contribution in [-0.4, -0.2) is 48.1 Å². The number of ether oxygens (including phenoxy) is 1. The number of benzene rings is 1. The number of nitro benzene ring substituents is 1. The minimum absolute atomic E-state index is 0.0440. The molecule has 0 spiro atoms. The quantitative estimate of drug-likeness (QED) is 0.199. The highest BCUT2D eigenvalue weighted by Gasteiger charge is 2.58. The standard InChI is InChI=1S/C22H23N4O6S2/c1-12(27)17-19(28)25-18(21(29)32-10-13-3-5-14(6-4-13)26(30)31)22(34-20(17)25)33-16-7-15-8-23(2)11-24(15)9-16/h3-6,8,11-12,16-17,20,27H,7,9-10H2,1-2H3/q+1/t12-,16?,17+,20-/m1/s1. The molecule has 3 aliphatic heterocycles. The number of imidazole rings is 1. The maximum atomic E-state index is 13.1. The molecule has 1 amide bonds. The van der Waals surface area contributed by atoms with Crippen LogP contribution in [-0.2, 0) is 40.9 Å². The first-order chi connectivity index (χ1) is 16.2. The first kappa shape index (κ1) is 22.9. The van der Waals surface area contributed by atoms with Gasteiger partial charge in [0, 0.05) is 18.6 Å². The normalized spacial score (nSPS) is 24.0. The van der Waals surface area contributed by atoms with E-state index in [0.29, 0.717) is 5.56 Å². The Morgan fingerprint density at radius 3 is 2.79 bits per heavy atom. The lowest BCUT2D eigenvalue weighted by molar-refractivity contribution is -0.671. The maximum absolute atomic E-state index is 13.1. The number of hydrogen-bond acceptors (Lipinski definition) is 8. The van der Waals surface area contributed by atoms with E-state index in [2.05, 4.69) is 10.8 Å². The van der Waals surface area contributed by atoms with E-state index in [0.717, 1.165) is 17.2 Å². The molecule has 1 saturated heterocycles. The van der Waals surface area contributed by atoms with Gasteiger partial charge in [-0.25, -0.2) is 13.9 Å². The van der Waals surface area contributed by atoms with Crippen LogP contribution in [0, 0.1) is 16.0 Å². The number of nitrogens with zero attached hydrogens (tertiary/aromatic N) is 4. The van der Waals surface area contributed by atoms with Gasteiger partial charge in [-0.3, -0.25) is 19.8 Å². The van der Waals surface area contributed by atoms with Gasteiger partial charge in [0.1, 0.15) is 30.4 Å². The predicted molar refractivity (Wildman–Crippen MR) is 124 cm³/mol. The van der Waals surface area contributed by atoms with Crippen molar-refractivity contribution < 1.29 is 28.9 Å². The molecule has 0 saturated carbocycles. The van der Waals surface area contributed by atoms with E-state index in [1.165, 1.54) is 46.6 Å². The van der Waals surface area contributed by atoms with E-state index in [4.69, 9.17) is 4.74 Å². The minimum atomic E-state index is -0.810. The number of carbonyl (C=O) groups is 2. The summed E-state index contributed by atoms with van der Waals surface area (Å²) in [5, 5.41) is 20.8. The number of amides is 1. The van der Waals surface area contributed by atoms with Crippen molar-refractivity contribution in [3.8, 4) is 0 Å². The molecule has 178 valence electrons. The Balaban J connectivity index is 1.33. The van der Waals surface area contributed by atoms with Crippen molar-refractivity contribution in [1.82, 2.24) is 9.47 Å². The van der Waals surface area contributed by atoms with Crippen molar-refractivity contribution in [3.05, 3.63) is 68.1 Å². The van der Waals surface area contributed by atoms with E-state index < -0.39 is 22.9 Å². The second kappa shape index (κ2) is 8.75. The molecule has 1 N–H and O–H groups in total. The fourth-order valence-electron chi connectivity index (χ4n) is 4.47. The number of hydrogen-bond donors (Lipinski definition) is 1. The third-order valence-corrected chi connectivity index (χ3v) is 8.92. The lowest BCUT2D eigenvalue weighted by atomic mass is 9.92. The molecule has 4 heterocycles. The number of aliphatic hydroxyl groups excluding tert-OH is 1. The van der Waals surface area contributed by atoms with E-state index in [-0.39, 0.29) is 34.5 Å². The number of β-lactam (4-membered cyclic amide) rings is 1.